The first kappa shape index (κ1) is 10.5. The average Bonchev–Trinajstić information content (AvgIpc) is 2.62. The predicted octanol–water partition coefficient (Wildman–Crippen LogP) is 3.20. The van der Waals surface area contributed by atoms with Crippen molar-refractivity contribution >= 4 is 0 Å². The number of rotatable bonds is 2. The van der Waals surface area contributed by atoms with E-state index < -0.39 is 0 Å². The fourth-order valence-electron chi connectivity index (χ4n) is 3.02. The Hall–Kier alpha value is -0.0400. The van der Waals surface area contributed by atoms with Crippen molar-refractivity contribution < 1.29 is 0 Å². The first-order valence-electron chi connectivity index (χ1n) is 6.23. The Balaban J connectivity index is 1.87. The van der Waals surface area contributed by atoms with Gasteiger partial charge in [0.2, 0.25) is 0 Å². The molecule has 0 spiro atoms. The lowest BCUT2D eigenvalue weighted by Crippen LogP contribution is -2.45. The van der Waals surface area contributed by atoms with Gasteiger partial charge in [0.1, 0.15) is 0 Å². The summed E-state index contributed by atoms with van der Waals surface area (Å²) in [6, 6.07) is 1.48. The topological polar surface area (TPSA) is 12.0 Å². The van der Waals surface area contributed by atoms with E-state index in [0.717, 1.165) is 17.9 Å². The maximum absolute atomic E-state index is 3.85. The molecule has 0 aromatic carbocycles. The maximum Gasteiger partial charge on any atom is 0.0101 e. The minimum atomic E-state index is 0.405. The summed E-state index contributed by atoms with van der Waals surface area (Å²) in [6.07, 6.45) is 5.95. The van der Waals surface area contributed by atoms with E-state index in [9.17, 15) is 0 Å². The van der Waals surface area contributed by atoms with Gasteiger partial charge in [0.05, 0.1) is 0 Å². The minimum Gasteiger partial charge on any atom is -0.311 e. The van der Waals surface area contributed by atoms with E-state index in [2.05, 4.69) is 33.0 Å². The maximum atomic E-state index is 3.85. The van der Waals surface area contributed by atoms with Crippen LogP contribution >= 0.6 is 0 Å². The van der Waals surface area contributed by atoms with E-state index >= 15 is 0 Å². The first-order valence-corrected chi connectivity index (χ1v) is 6.23. The molecule has 1 N–H and O–H groups in total. The molecule has 2 saturated carbocycles. The SMILES string of the molecule is CC(NC1CC2CCC1C2)C(C)(C)C. The average molecular weight is 195 g/mol. The van der Waals surface area contributed by atoms with E-state index in [4.69, 9.17) is 0 Å². The van der Waals surface area contributed by atoms with E-state index in [1.54, 1.807) is 0 Å². The lowest BCUT2D eigenvalue weighted by Gasteiger charge is -2.34. The molecule has 2 aliphatic rings. The summed E-state index contributed by atoms with van der Waals surface area (Å²) < 4.78 is 0. The Labute approximate surface area is 88.7 Å². The molecule has 0 aromatic rings. The molecule has 4 atom stereocenters. The van der Waals surface area contributed by atoms with Gasteiger partial charge in [-0.3, -0.25) is 0 Å². The van der Waals surface area contributed by atoms with Gasteiger partial charge in [-0.15, -0.1) is 0 Å². The van der Waals surface area contributed by atoms with Crippen molar-refractivity contribution in [3.8, 4) is 0 Å². The molecule has 4 unspecified atom stereocenters. The standard InChI is InChI=1S/C13H25N/c1-9(13(2,3)4)14-12-8-10-5-6-11(12)7-10/h9-12,14H,5-8H2,1-4H3. The molecule has 2 rings (SSSR count). The summed E-state index contributed by atoms with van der Waals surface area (Å²) in [7, 11) is 0. The quantitative estimate of drug-likeness (QED) is 0.713. The Morgan fingerprint density at radius 3 is 2.29 bits per heavy atom. The van der Waals surface area contributed by atoms with Crippen LogP contribution in [-0.2, 0) is 0 Å². The molecule has 1 nitrogen and oxygen atoms in total. The van der Waals surface area contributed by atoms with Crippen LogP contribution in [0.3, 0.4) is 0 Å². The zero-order chi connectivity index (χ0) is 10.3. The van der Waals surface area contributed by atoms with Crippen molar-refractivity contribution in [3.05, 3.63) is 0 Å². The number of hydrogen-bond donors (Lipinski definition) is 1. The Bertz CT molecular complexity index is 204. The summed E-state index contributed by atoms with van der Waals surface area (Å²) in [5.74, 6) is 2.06. The second kappa shape index (κ2) is 3.52. The van der Waals surface area contributed by atoms with Gasteiger partial charge in [0.25, 0.3) is 0 Å². The highest BCUT2D eigenvalue weighted by Crippen LogP contribution is 2.44. The van der Waals surface area contributed by atoms with Crippen molar-refractivity contribution in [1.29, 1.82) is 0 Å². The van der Waals surface area contributed by atoms with Gasteiger partial charge < -0.3 is 5.32 Å². The lowest BCUT2D eigenvalue weighted by molar-refractivity contribution is 0.229. The van der Waals surface area contributed by atoms with E-state index in [1.165, 1.54) is 25.7 Å². The molecule has 0 heterocycles. The molecule has 0 amide bonds. The van der Waals surface area contributed by atoms with E-state index in [1.807, 2.05) is 0 Å². The van der Waals surface area contributed by atoms with E-state index in [-0.39, 0.29) is 0 Å². The minimum absolute atomic E-state index is 0.405. The van der Waals surface area contributed by atoms with Crippen LogP contribution in [-0.4, -0.2) is 12.1 Å². The number of nitrogens with one attached hydrogen (secondary N) is 1. The van der Waals surface area contributed by atoms with E-state index in [0.29, 0.717) is 11.5 Å². The van der Waals surface area contributed by atoms with Gasteiger partial charge >= 0.3 is 0 Å². The number of fused-ring (bicyclic) bond motifs is 2. The van der Waals surface area contributed by atoms with Crippen LogP contribution in [0.25, 0.3) is 0 Å². The number of hydrogen-bond acceptors (Lipinski definition) is 1. The van der Waals surface area contributed by atoms with Gasteiger partial charge in [0.15, 0.2) is 0 Å². The second-order valence-electron chi connectivity index (χ2n) is 6.54. The van der Waals surface area contributed by atoms with Crippen LogP contribution in [0, 0.1) is 17.3 Å². The van der Waals surface area contributed by atoms with Crippen LogP contribution in [0.4, 0.5) is 0 Å². The monoisotopic (exact) mass is 195 g/mol. The molecule has 14 heavy (non-hydrogen) atoms. The molecule has 0 radical (unpaired) electrons. The molecule has 0 saturated heterocycles. The molecule has 1 heteroatoms. The lowest BCUT2D eigenvalue weighted by atomic mass is 9.86. The fourth-order valence-corrected chi connectivity index (χ4v) is 3.02. The summed E-state index contributed by atoms with van der Waals surface area (Å²) in [4.78, 5) is 0. The van der Waals surface area contributed by atoms with Crippen molar-refractivity contribution in [2.45, 2.75) is 65.5 Å². The fraction of sp³-hybridized carbons (Fsp3) is 1.00. The molecular formula is C13H25N. The summed E-state index contributed by atoms with van der Waals surface area (Å²) in [5, 5.41) is 3.85. The Morgan fingerprint density at radius 1 is 1.14 bits per heavy atom. The Kier molecular flexibility index (Phi) is 2.63. The highest BCUT2D eigenvalue weighted by molar-refractivity contribution is 4.96. The molecule has 0 aliphatic heterocycles. The van der Waals surface area contributed by atoms with Crippen LogP contribution in [0.1, 0.15) is 53.4 Å². The molecule has 0 aromatic heterocycles. The molecule has 2 bridgehead atoms. The summed E-state index contributed by atoms with van der Waals surface area (Å²) >= 11 is 0. The van der Waals surface area contributed by atoms with Crippen LogP contribution in [0.2, 0.25) is 0 Å². The normalized spacial score (nSPS) is 39.0. The van der Waals surface area contributed by atoms with Gasteiger partial charge in [-0.1, -0.05) is 27.2 Å². The van der Waals surface area contributed by atoms with Gasteiger partial charge in [0, 0.05) is 12.1 Å². The van der Waals surface area contributed by atoms with Crippen LogP contribution in [0.5, 0.6) is 0 Å². The largest absolute Gasteiger partial charge is 0.311 e. The van der Waals surface area contributed by atoms with Crippen molar-refractivity contribution in [2.75, 3.05) is 0 Å². The summed E-state index contributed by atoms with van der Waals surface area (Å²) in [6.45, 7) is 9.33. The second-order valence-corrected chi connectivity index (χ2v) is 6.54. The smallest absolute Gasteiger partial charge is 0.0101 e. The van der Waals surface area contributed by atoms with Crippen molar-refractivity contribution in [3.63, 3.8) is 0 Å². The van der Waals surface area contributed by atoms with Gasteiger partial charge in [-0.05, 0) is 43.4 Å². The zero-order valence-electron chi connectivity index (χ0n) is 10.1. The highest BCUT2D eigenvalue weighted by Gasteiger charge is 2.40. The Morgan fingerprint density at radius 2 is 1.86 bits per heavy atom. The molecular weight excluding hydrogens is 170 g/mol. The third kappa shape index (κ3) is 1.98. The van der Waals surface area contributed by atoms with Crippen molar-refractivity contribution in [1.82, 2.24) is 5.32 Å². The first-order chi connectivity index (χ1) is 6.47. The third-order valence-electron chi connectivity index (χ3n) is 4.50. The third-order valence-corrected chi connectivity index (χ3v) is 4.50. The van der Waals surface area contributed by atoms with Gasteiger partial charge in [-0.25, -0.2) is 0 Å². The predicted molar refractivity (Wildman–Crippen MR) is 61.3 cm³/mol. The molecule has 82 valence electrons. The molecule has 2 aliphatic carbocycles. The summed E-state index contributed by atoms with van der Waals surface area (Å²) in [5.41, 5.74) is 0.405. The van der Waals surface area contributed by atoms with Gasteiger partial charge in [-0.2, -0.15) is 0 Å². The highest BCUT2D eigenvalue weighted by atomic mass is 15.0. The van der Waals surface area contributed by atoms with Crippen LogP contribution < -0.4 is 5.32 Å². The zero-order valence-corrected chi connectivity index (χ0v) is 10.1. The van der Waals surface area contributed by atoms with Crippen LogP contribution in [0.15, 0.2) is 0 Å². The molecule has 2 fully saturated rings. The van der Waals surface area contributed by atoms with Crippen molar-refractivity contribution in [2.24, 2.45) is 17.3 Å².